The van der Waals surface area contributed by atoms with Crippen LogP contribution >= 0.6 is 11.8 Å². The Bertz CT molecular complexity index is 507. The van der Waals surface area contributed by atoms with Gasteiger partial charge in [0.15, 0.2) is 5.78 Å². The van der Waals surface area contributed by atoms with E-state index in [2.05, 4.69) is 19.9 Å². The van der Waals surface area contributed by atoms with Crippen LogP contribution in [-0.2, 0) is 0 Å². The molecule has 19 heavy (non-hydrogen) atoms. The molecule has 0 heterocycles. The van der Waals surface area contributed by atoms with Gasteiger partial charge in [0, 0.05) is 27.7 Å². The first kappa shape index (κ1) is 15.5. The molecular formula is C16H19NOS. The fourth-order valence-electron chi connectivity index (χ4n) is 1.63. The number of rotatable bonds is 5. The monoisotopic (exact) mass is 273 g/mol. The Morgan fingerprint density at radius 1 is 1.16 bits per heavy atom. The van der Waals surface area contributed by atoms with Gasteiger partial charge in [-0.1, -0.05) is 52.0 Å². The van der Waals surface area contributed by atoms with Crippen molar-refractivity contribution < 1.29 is 4.79 Å². The molecule has 3 heteroatoms. The predicted octanol–water partition coefficient (Wildman–Crippen LogP) is 4.53. The Balaban J connectivity index is 3.00. The highest BCUT2D eigenvalue weighted by molar-refractivity contribution is 8.08. The van der Waals surface area contributed by atoms with Gasteiger partial charge < -0.3 is 0 Å². The van der Waals surface area contributed by atoms with E-state index in [9.17, 15) is 4.79 Å². The van der Waals surface area contributed by atoms with E-state index < -0.39 is 0 Å². The first-order valence-corrected chi connectivity index (χ1v) is 7.24. The molecule has 0 spiro atoms. The lowest BCUT2D eigenvalue weighted by atomic mass is 10.00. The maximum atomic E-state index is 11.9. The Morgan fingerprint density at radius 2 is 1.68 bits per heavy atom. The van der Waals surface area contributed by atoms with Gasteiger partial charge in [-0.25, -0.2) is 0 Å². The first-order valence-electron chi connectivity index (χ1n) is 6.36. The van der Waals surface area contributed by atoms with Crippen LogP contribution in [0.25, 0.3) is 4.91 Å². The molecule has 0 bridgehead atoms. The minimum Gasteiger partial charge on any atom is -0.294 e. The quantitative estimate of drug-likeness (QED) is 0.584. The number of ketones is 1. The van der Waals surface area contributed by atoms with E-state index in [1.807, 2.05) is 38.1 Å². The van der Waals surface area contributed by atoms with Gasteiger partial charge in [0.1, 0.15) is 0 Å². The molecule has 0 aliphatic rings. The van der Waals surface area contributed by atoms with E-state index in [1.54, 1.807) is 17.8 Å². The van der Waals surface area contributed by atoms with Crippen molar-refractivity contribution in [1.29, 1.82) is 5.26 Å². The number of Topliss-reactive ketones (excluding diaryl/α,β-unsaturated/α-hetero) is 1. The van der Waals surface area contributed by atoms with Crippen LogP contribution in [0.1, 0.15) is 43.6 Å². The van der Waals surface area contributed by atoms with Gasteiger partial charge in [0.2, 0.25) is 0 Å². The Labute approximate surface area is 119 Å². The summed E-state index contributed by atoms with van der Waals surface area (Å²) in [6.45, 7) is 7.97. The first-order chi connectivity index (χ1) is 8.95. The van der Waals surface area contributed by atoms with Crippen molar-refractivity contribution in [2.24, 2.45) is 5.92 Å². The fraction of sp³-hybridized carbons (Fsp3) is 0.375. The Kier molecular flexibility index (Phi) is 5.85. The van der Waals surface area contributed by atoms with Crippen molar-refractivity contribution in [2.45, 2.75) is 32.9 Å². The molecule has 2 nitrogen and oxygen atoms in total. The number of hydrogen-bond donors (Lipinski definition) is 0. The number of carbonyl (C=O) groups excluding carboxylic acids is 1. The van der Waals surface area contributed by atoms with Crippen molar-refractivity contribution in [3.05, 3.63) is 41.5 Å². The third kappa shape index (κ3) is 4.57. The van der Waals surface area contributed by atoms with Crippen LogP contribution in [0.4, 0.5) is 0 Å². The lowest BCUT2D eigenvalue weighted by Crippen LogP contribution is -2.07. The number of nitriles is 1. The van der Waals surface area contributed by atoms with Gasteiger partial charge in [-0.05, 0) is 5.56 Å². The van der Waals surface area contributed by atoms with Crippen LogP contribution in [0.15, 0.2) is 30.3 Å². The molecule has 0 fully saturated rings. The van der Waals surface area contributed by atoms with Crippen molar-refractivity contribution in [2.75, 3.05) is 0 Å². The smallest absolute Gasteiger partial charge is 0.165 e. The van der Waals surface area contributed by atoms with Gasteiger partial charge in [-0.15, -0.1) is 11.8 Å². The van der Waals surface area contributed by atoms with Gasteiger partial charge in [0.05, 0.1) is 6.07 Å². The second-order valence-corrected chi connectivity index (χ2v) is 6.52. The van der Waals surface area contributed by atoms with Gasteiger partial charge in [0.25, 0.3) is 0 Å². The van der Waals surface area contributed by atoms with Crippen molar-refractivity contribution in [3.8, 4) is 6.07 Å². The fourth-order valence-corrected chi connectivity index (χ4v) is 2.53. The summed E-state index contributed by atoms with van der Waals surface area (Å²) in [4.78, 5) is 12.8. The summed E-state index contributed by atoms with van der Waals surface area (Å²) in [5, 5.41) is 9.25. The second kappa shape index (κ2) is 7.16. The van der Waals surface area contributed by atoms with Crippen LogP contribution < -0.4 is 0 Å². The van der Waals surface area contributed by atoms with Crippen molar-refractivity contribution >= 4 is 22.5 Å². The Hall–Kier alpha value is -1.53. The standard InChI is InChI=1S/C16H19NOS/c1-11(2)16(18)14-7-5-13(6-8-14)15(9-10-17)19-12(3)4/h5-9,11-12H,1-4H3. The lowest BCUT2D eigenvalue weighted by molar-refractivity contribution is 0.0939. The zero-order chi connectivity index (χ0) is 14.4. The molecule has 0 saturated heterocycles. The second-order valence-electron chi connectivity index (χ2n) is 4.90. The van der Waals surface area contributed by atoms with Gasteiger partial charge in [-0.2, -0.15) is 5.26 Å². The summed E-state index contributed by atoms with van der Waals surface area (Å²) in [6.07, 6.45) is 1.56. The van der Waals surface area contributed by atoms with E-state index in [1.165, 1.54) is 0 Å². The van der Waals surface area contributed by atoms with Gasteiger partial charge >= 0.3 is 0 Å². The van der Waals surface area contributed by atoms with Crippen LogP contribution in [0.5, 0.6) is 0 Å². The van der Waals surface area contributed by atoms with E-state index in [-0.39, 0.29) is 11.7 Å². The third-order valence-corrected chi connectivity index (χ3v) is 3.62. The highest BCUT2D eigenvalue weighted by Gasteiger charge is 2.11. The number of hydrogen-bond acceptors (Lipinski definition) is 3. The number of nitrogens with zero attached hydrogens (tertiary/aromatic N) is 1. The topological polar surface area (TPSA) is 40.9 Å². The lowest BCUT2D eigenvalue weighted by Gasteiger charge is -2.10. The summed E-state index contributed by atoms with van der Waals surface area (Å²) in [6, 6.07) is 9.57. The molecule has 100 valence electrons. The third-order valence-electron chi connectivity index (χ3n) is 2.54. The predicted molar refractivity (Wildman–Crippen MR) is 81.9 cm³/mol. The molecule has 0 unspecified atom stereocenters. The summed E-state index contributed by atoms with van der Waals surface area (Å²) in [7, 11) is 0. The van der Waals surface area contributed by atoms with Gasteiger partial charge in [-0.3, -0.25) is 4.79 Å². The molecule has 1 rings (SSSR count). The van der Waals surface area contributed by atoms with E-state index >= 15 is 0 Å². The van der Waals surface area contributed by atoms with Crippen molar-refractivity contribution in [1.82, 2.24) is 0 Å². The highest BCUT2D eigenvalue weighted by Crippen LogP contribution is 2.31. The summed E-state index contributed by atoms with van der Waals surface area (Å²) < 4.78 is 0. The molecule has 0 aliphatic carbocycles. The average Bonchev–Trinajstić information content (AvgIpc) is 2.37. The summed E-state index contributed by atoms with van der Waals surface area (Å²) in [5.41, 5.74) is 1.71. The number of carbonyl (C=O) groups is 1. The molecule has 0 aromatic heterocycles. The molecule has 0 saturated carbocycles. The van der Waals surface area contributed by atoms with E-state index in [4.69, 9.17) is 5.26 Å². The summed E-state index contributed by atoms with van der Waals surface area (Å²) in [5.74, 6) is 0.152. The number of benzene rings is 1. The zero-order valence-corrected chi connectivity index (χ0v) is 12.6. The van der Waals surface area contributed by atoms with Crippen LogP contribution in [0.3, 0.4) is 0 Å². The maximum Gasteiger partial charge on any atom is 0.165 e. The number of thioether (sulfide) groups is 1. The minimum absolute atomic E-state index is 0.00464. The maximum absolute atomic E-state index is 11.9. The summed E-state index contributed by atoms with van der Waals surface area (Å²) >= 11 is 1.65. The zero-order valence-electron chi connectivity index (χ0n) is 11.8. The molecule has 0 aliphatic heterocycles. The van der Waals surface area contributed by atoms with Crippen LogP contribution in [0, 0.1) is 17.2 Å². The van der Waals surface area contributed by atoms with Crippen LogP contribution in [0.2, 0.25) is 0 Å². The molecule has 1 aromatic rings. The van der Waals surface area contributed by atoms with Crippen molar-refractivity contribution in [3.63, 3.8) is 0 Å². The van der Waals surface area contributed by atoms with E-state index in [0.29, 0.717) is 5.25 Å². The van der Waals surface area contributed by atoms with Crippen LogP contribution in [-0.4, -0.2) is 11.0 Å². The highest BCUT2D eigenvalue weighted by atomic mass is 32.2. The van der Waals surface area contributed by atoms with E-state index in [0.717, 1.165) is 16.0 Å². The Morgan fingerprint density at radius 3 is 2.11 bits per heavy atom. The normalized spacial score (nSPS) is 11.7. The largest absolute Gasteiger partial charge is 0.294 e. The molecule has 1 aromatic carbocycles. The minimum atomic E-state index is 0.00464. The number of allylic oxidation sites excluding steroid dienone is 1. The molecule has 0 N–H and O–H groups in total. The SMILES string of the molecule is CC(C)SC(=CC#N)c1ccc(C(=O)C(C)C)cc1. The average molecular weight is 273 g/mol. The molecule has 0 radical (unpaired) electrons. The molecular weight excluding hydrogens is 254 g/mol. The molecule has 0 amide bonds. The molecule has 0 atom stereocenters.